The SMILES string of the molecule is C[C@H]1C[C@@H](C(=O)OCc2ccccc2)C1. The molecule has 0 atom stereocenters. The third-order valence-electron chi connectivity index (χ3n) is 2.93. The van der Waals surface area contributed by atoms with Gasteiger partial charge in [0.05, 0.1) is 5.92 Å². The third-order valence-corrected chi connectivity index (χ3v) is 2.93. The fourth-order valence-electron chi connectivity index (χ4n) is 1.94. The van der Waals surface area contributed by atoms with Gasteiger partial charge in [-0.25, -0.2) is 0 Å². The Hall–Kier alpha value is -1.31. The van der Waals surface area contributed by atoms with Crippen LogP contribution in [0.2, 0.25) is 0 Å². The summed E-state index contributed by atoms with van der Waals surface area (Å²) in [7, 11) is 0. The first-order valence-corrected chi connectivity index (χ1v) is 5.46. The van der Waals surface area contributed by atoms with Gasteiger partial charge in [0.25, 0.3) is 0 Å². The molecular formula is C13H16O2. The number of carbonyl (C=O) groups is 1. The van der Waals surface area contributed by atoms with Gasteiger partial charge in [-0.1, -0.05) is 37.3 Å². The quantitative estimate of drug-likeness (QED) is 0.708. The zero-order valence-corrected chi connectivity index (χ0v) is 8.98. The molecule has 0 heterocycles. The van der Waals surface area contributed by atoms with Gasteiger partial charge in [-0.2, -0.15) is 0 Å². The van der Waals surface area contributed by atoms with Crippen molar-refractivity contribution in [1.82, 2.24) is 0 Å². The molecule has 0 amide bonds. The van der Waals surface area contributed by atoms with Crippen molar-refractivity contribution in [3.63, 3.8) is 0 Å². The van der Waals surface area contributed by atoms with Crippen LogP contribution < -0.4 is 0 Å². The highest BCUT2D eigenvalue weighted by Gasteiger charge is 2.32. The molecule has 0 unspecified atom stereocenters. The van der Waals surface area contributed by atoms with E-state index >= 15 is 0 Å². The normalized spacial score (nSPS) is 24.3. The molecule has 0 bridgehead atoms. The summed E-state index contributed by atoms with van der Waals surface area (Å²) in [6.07, 6.45) is 1.99. The summed E-state index contributed by atoms with van der Waals surface area (Å²) in [5, 5.41) is 0. The Labute approximate surface area is 90.3 Å². The molecule has 2 heteroatoms. The summed E-state index contributed by atoms with van der Waals surface area (Å²) >= 11 is 0. The van der Waals surface area contributed by atoms with Gasteiger partial charge in [-0.3, -0.25) is 4.79 Å². The van der Waals surface area contributed by atoms with Gasteiger partial charge in [-0.05, 0) is 24.3 Å². The molecule has 0 spiro atoms. The van der Waals surface area contributed by atoms with Crippen LogP contribution in [0.4, 0.5) is 0 Å². The Kier molecular flexibility index (Phi) is 3.05. The first-order valence-electron chi connectivity index (χ1n) is 5.46. The van der Waals surface area contributed by atoms with E-state index in [1.165, 1.54) is 0 Å². The minimum Gasteiger partial charge on any atom is -0.461 e. The molecule has 80 valence electrons. The van der Waals surface area contributed by atoms with Crippen LogP contribution in [0.1, 0.15) is 25.3 Å². The smallest absolute Gasteiger partial charge is 0.309 e. The van der Waals surface area contributed by atoms with Crippen LogP contribution in [-0.2, 0) is 16.1 Å². The van der Waals surface area contributed by atoms with E-state index in [0.717, 1.165) is 18.4 Å². The molecule has 0 aromatic heterocycles. The summed E-state index contributed by atoms with van der Waals surface area (Å²) in [5.74, 6) is 0.819. The molecule has 2 nitrogen and oxygen atoms in total. The number of carbonyl (C=O) groups excluding carboxylic acids is 1. The van der Waals surface area contributed by atoms with Crippen molar-refractivity contribution in [3.05, 3.63) is 35.9 Å². The zero-order chi connectivity index (χ0) is 10.7. The summed E-state index contributed by atoms with van der Waals surface area (Å²) in [6, 6.07) is 9.80. The van der Waals surface area contributed by atoms with Crippen molar-refractivity contribution >= 4 is 5.97 Å². The monoisotopic (exact) mass is 204 g/mol. The number of ether oxygens (including phenoxy) is 1. The first-order chi connectivity index (χ1) is 7.25. The van der Waals surface area contributed by atoms with E-state index in [1.54, 1.807) is 0 Å². The average Bonchev–Trinajstić information content (AvgIpc) is 2.23. The Bertz CT molecular complexity index is 326. The molecule has 1 aliphatic rings. The van der Waals surface area contributed by atoms with Crippen molar-refractivity contribution in [2.24, 2.45) is 11.8 Å². The van der Waals surface area contributed by atoms with Crippen molar-refractivity contribution in [2.75, 3.05) is 0 Å². The Balaban J connectivity index is 1.76. The number of benzene rings is 1. The van der Waals surface area contributed by atoms with Crippen LogP contribution in [0.15, 0.2) is 30.3 Å². The van der Waals surface area contributed by atoms with Gasteiger partial charge in [-0.15, -0.1) is 0 Å². The van der Waals surface area contributed by atoms with Crippen LogP contribution in [0.5, 0.6) is 0 Å². The summed E-state index contributed by atoms with van der Waals surface area (Å²) in [4.78, 5) is 11.5. The number of hydrogen-bond acceptors (Lipinski definition) is 2. The average molecular weight is 204 g/mol. The van der Waals surface area contributed by atoms with Gasteiger partial charge in [0.1, 0.15) is 6.61 Å². The maximum atomic E-state index is 11.5. The highest BCUT2D eigenvalue weighted by Crippen LogP contribution is 2.33. The molecule has 1 saturated carbocycles. The van der Waals surface area contributed by atoms with E-state index < -0.39 is 0 Å². The summed E-state index contributed by atoms with van der Waals surface area (Å²) < 4.78 is 5.24. The zero-order valence-electron chi connectivity index (χ0n) is 8.98. The number of rotatable bonds is 3. The maximum absolute atomic E-state index is 11.5. The van der Waals surface area contributed by atoms with Gasteiger partial charge in [0, 0.05) is 0 Å². The minimum atomic E-state index is -0.0306. The molecule has 15 heavy (non-hydrogen) atoms. The third kappa shape index (κ3) is 2.58. The number of esters is 1. The largest absolute Gasteiger partial charge is 0.461 e. The van der Waals surface area contributed by atoms with E-state index in [4.69, 9.17) is 4.74 Å². The molecule has 0 saturated heterocycles. The molecule has 0 aliphatic heterocycles. The van der Waals surface area contributed by atoms with Crippen LogP contribution in [0, 0.1) is 11.8 Å². The van der Waals surface area contributed by atoms with Crippen LogP contribution >= 0.6 is 0 Å². The van der Waals surface area contributed by atoms with Gasteiger partial charge >= 0.3 is 5.97 Å². The van der Waals surface area contributed by atoms with E-state index in [2.05, 4.69) is 6.92 Å². The Morgan fingerprint density at radius 2 is 2.00 bits per heavy atom. The lowest BCUT2D eigenvalue weighted by Crippen LogP contribution is -2.30. The predicted molar refractivity (Wildman–Crippen MR) is 58.1 cm³/mol. The fraction of sp³-hybridized carbons (Fsp3) is 0.462. The molecule has 1 aromatic carbocycles. The molecule has 1 aromatic rings. The van der Waals surface area contributed by atoms with Crippen molar-refractivity contribution in [1.29, 1.82) is 0 Å². The Morgan fingerprint density at radius 1 is 1.33 bits per heavy atom. The second-order valence-corrected chi connectivity index (χ2v) is 4.37. The van der Waals surface area contributed by atoms with E-state index in [1.807, 2.05) is 30.3 Å². The topological polar surface area (TPSA) is 26.3 Å². The molecular weight excluding hydrogens is 188 g/mol. The lowest BCUT2D eigenvalue weighted by atomic mass is 9.76. The highest BCUT2D eigenvalue weighted by molar-refractivity contribution is 5.73. The van der Waals surface area contributed by atoms with Crippen molar-refractivity contribution < 1.29 is 9.53 Å². The lowest BCUT2D eigenvalue weighted by molar-refractivity contribution is -0.154. The highest BCUT2D eigenvalue weighted by atomic mass is 16.5. The first kappa shape index (κ1) is 10.2. The standard InChI is InChI=1S/C13H16O2/c1-10-7-12(8-10)13(14)15-9-11-5-3-2-4-6-11/h2-6,10,12H,7-9H2,1H3/t10-,12+. The second kappa shape index (κ2) is 4.47. The van der Waals surface area contributed by atoms with E-state index in [9.17, 15) is 4.79 Å². The molecule has 0 N–H and O–H groups in total. The van der Waals surface area contributed by atoms with Crippen LogP contribution in [-0.4, -0.2) is 5.97 Å². The van der Waals surface area contributed by atoms with Gasteiger partial charge in [0.15, 0.2) is 0 Å². The van der Waals surface area contributed by atoms with E-state index in [0.29, 0.717) is 12.5 Å². The molecule has 1 aliphatic carbocycles. The number of hydrogen-bond donors (Lipinski definition) is 0. The molecule has 0 radical (unpaired) electrons. The van der Waals surface area contributed by atoms with Crippen LogP contribution in [0.3, 0.4) is 0 Å². The minimum absolute atomic E-state index is 0.0306. The molecule has 2 rings (SSSR count). The Morgan fingerprint density at radius 3 is 2.60 bits per heavy atom. The van der Waals surface area contributed by atoms with Crippen molar-refractivity contribution in [2.45, 2.75) is 26.4 Å². The summed E-state index contributed by atoms with van der Waals surface area (Å²) in [6.45, 7) is 2.57. The second-order valence-electron chi connectivity index (χ2n) is 4.37. The van der Waals surface area contributed by atoms with Crippen molar-refractivity contribution in [3.8, 4) is 0 Å². The maximum Gasteiger partial charge on any atom is 0.309 e. The van der Waals surface area contributed by atoms with Crippen LogP contribution in [0.25, 0.3) is 0 Å². The summed E-state index contributed by atoms with van der Waals surface area (Å²) in [5.41, 5.74) is 1.05. The predicted octanol–water partition coefficient (Wildman–Crippen LogP) is 2.78. The van der Waals surface area contributed by atoms with E-state index in [-0.39, 0.29) is 11.9 Å². The van der Waals surface area contributed by atoms with Gasteiger partial charge < -0.3 is 4.74 Å². The fourth-order valence-corrected chi connectivity index (χ4v) is 1.94. The van der Waals surface area contributed by atoms with Gasteiger partial charge in [0.2, 0.25) is 0 Å². The lowest BCUT2D eigenvalue weighted by Gasteiger charge is -2.30. The molecule has 1 fully saturated rings.